The first-order valence-electron chi connectivity index (χ1n) is 7.05. The van der Waals surface area contributed by atoms with Gasteiger partial charge in [-0.25, -0.2) is 0 Å². The molecule has 1 amide bonds. The molecule has 0 atom stereocenters. The van der Waals surface area contributed by atoms with Crippen molar-refractivity contribution in [2.45, 2.75) is 13.5 Å². The van der Waals surface area contributed by atoms with Crippen molar-refractivity contribution in [2.24, 2.45) is 0 Å². The van der Waals surface area contributed by atoms with Crippen molar-refractivity contribution in [3.8, 4) is 11.5 Å². The number of nitrogens with one attached hydrogen (secondary N) is 2. The Labute approximate surface area is 140 Å². The summed E-state index contributed by atoms with van der Waals surface area (Å²) in [6.45, 7) is 2.00. The van der Waals surface area contributed by atoms with E-state index in [4.69, 9.17) is 21.1 Å². The van der Waals surface area contributed by atoms with Crippen LogP contribution in [0.1, 0.15) is 12.5 Å². The van der Waals surface area contributed by atoms with Crippen LogP contribution in [0, 0.1) is 0 Å². The van der Waals surface area contributed by atoms with Crippen LogP contribution < -0.4 is 20.1 Å². The highest BCUT2D eigenvalue weighted by Crippen LogP contribution is 2.34. The van der Waals surface area contributed by atoms with E-state index in [-0.39, 0.29) is 5.91 Å². The molecule has 0 saturated carbocycles. The fourth-order valence-corrected chi connectivity index (χ4v) is 2.44. The molecule has 0 bridgehead atoms. The molecular formula is C17H19ClN2O3. The topological polar surface area (TPSA) is 59.6 Å². The highest BCUT2D eigenvalue weighted by atomic mass is 35.5. The first-order valence-corrected chi connectivity index (χ1v) is 7.43. The molecule has 0 aliphatic rings. The number of benzene rings is 2. The normalized spacial score (nSPS) is 10.1. The Morgan fingerprint density at radius 3 is 2.30 bits per heavy atom. The van der Waals surface area contributed by atoms with E-state index in [0.717, 1.165) is 16.9 Å². The van der Waals surface area contributed by atoms with Gasteiger partial charge in [0.2, 0.25) is 5.91 Å². The van der Waals surface area contributed by atoms with Crippen LogP contribution in [0.5, 0.6) is 11.5 Å². The summed E-state index contributed by atoms with van der Waals surface area (Å²) < 4.78 is 10.7. The van der Waals surface area contributed by atoms with Crippen molar-refractivity contribution in [1.29, 1.82) is 0 Å². The molecule has 2 aromatic rings. The van der Waals surface area contributed by atoms with Crippen molar-refractivity contribution >= 4 is 28.9 Å². The first kappa shape index (κ1) is 17.0. The van der Waals surface area contributed by atoms with Crippen molar-refractivity contribution in [1.82, 2.24) is 0 Å². The highest BCUT2D eigenvalue weighted by molar-refractivity contribution is 6.30. The minimum Gasteiger partial charge on any atom is -0.493 e. The number of methoxy groups -OCH3 is 2. The van der Waals surface area contributed by atoms with Crippen LogP contribution >= 0.6 is 11.6 Å². The molecule has 0 heterocycles. The fraction of sp³-hybridized carbons (Fsp3) is 0.235. The smallest absolute Gasteiger partial charge is 0.221 e. The fourth-order valence-electron chi connectivity index (χ4n) is 2.21. The molecule has 5 nitrogen and oxygen atoms in total. The molecule has 0 aliphatic heterocycles. The van der Waals surface area contributed by atoms with E-state index in [2.05, 4.69) is 10.6 Å². The number of ether oxygens (including phenoxy) is 2. The van der Waals surface area contributed by atoms with Crippen LogP contribution in [-0.2, 0) is 11.3 Å². The van der Waals surface area contributed by atoms with E-state index in [1.807, 2.05) is 30.3 Å². The second kappa shape index (κ2) is 7.74. The second-order valence-electron chi connectivity index (χ2n) is 4.91. The lowest BCUT2D eigenvalue weighted by Crippen LogP contribution is -2.06. The molecule has 0 unspecified atom stereocenters. The molecule has 0 radical (unpaired) electrons. The van der Waals surface area contributed by atoms with Crippen LogP contribution in [0.25, 0.3) is 0 Å². The number of hydrogen-bond donors (Lipinski definition) is 2. The zero-order valence-corrected chi connectivity index (χ0v) is 14.0. The van der Waals surface area contributed by atoms with Crippen molar-refractivity contribution < 1.29 is 14.3 Å². The molecule has 0 aromatic heterocycles. The molecule has 2 aromatic carbocycles. The Bertz CT molecular complexity index is 687. The zero-order chi connectivity index (χ0) is 16.8. The molecular weight excluding hydrogens is 316 g/mol. The zero-order valence-electron chi connectivity index (χ0n) is 13.3. The Balaban J connectivity index is 2.11. The van der Waals surface area contributed by atoms with Gasteiger partial charge in [0.05, 0.1) is 14.2 Å². The number of rotatable bonds is 6. The van der Waals surface area contributed by atoms with E-state index in [1.54, 1.807) is 20.3 Å². The van der Waals surface area contributed by atoms with E-state index in [0.29, 0.717) is 23.1 Å². The van der Waals surface area contributed by atoms with Crippen LogP contribution in [0.4, 0.5) is 11.4 Å². The quantitative estimate of drug-likeness (QED) is 0.840. The van der Waals surface area contributed by atoms with Gasteiger partial charge in [-0.1, -0.05) is 11.6 Å². The summed E-state index contributed by atoms with van der Waals surface area (Å²) in [7, 11) is 3.17. The second-order valence-corrected chi connectivity index (χ2v) is 5.35. The highest BCUT2D eigenvalue weighted by Gasteiger charge is 2.11. The van der Waals surface area contributed by atoms with Crippen molar-refractivity contribution in [3.63, 3.8) is 0 Å². The third-order valence-corrected chi connectivity index (χ3v) is 3.43. The van der Waals surface area contributed by atoms with Crippen molar-refractivity contribution in [2.75, 3.05) is 24.9 Å². The molecule has 23 heavy (non-hydrogen) atoms. The van der Waals surface area contributed by atoms with Gasteiger partial charge in [-0.2, -0.15) is 0 Å². The van der Waals surface area contributed by atoms with E-state index < -0.39 is 0 Å². The Hall–Kier alpha value is -2.40. The van der Waals surface area contributed by atoms with Crippen LogP contribution in [-0.4, -0.2) is 20.1 Å². The number of carbonyl (C=O) groups is 1. The van der Waals surface area contributed by atoms with Gasteiger partial charge < -0.3 is 20.1 Å². The third kappa shape index (κ3) is 4.53. The summed E-state index contributed by atoms with van der Waals surface area (Å²) in [5.41, 5.74) is 2.56. The SMILES string of the molecule is COc1cc(Cl)cc(CNc2ccc(NC(C)=O)cc2)c1OC. The summed E-state index contributed by atoms with van der Waals surface area (Å²) in [6, 6.07) is 11.0. The average molecular weight is 335 g/mol. The third-order valence-electron chi connectivity index (χ3n) is 3.21. The van der Waals surface area contributed by atoms with E-state index in [9.17, 15) is 4.79 Å². The molecule has 0 fully saturated rings. The summed E-state index contributed by atoms with van der Waals surface area (Å²) >= 11 is 6.11. The Morgan fingerprint density at radius 2 is 1.74 bits per heavy atom. The lowest BCUT2D eigenvalue weighted by atomic mass is 10.1. The lowest BCUT2D eigenvalue weighted by molar-refractivity contribution is -0.114. The minimum absolute atomic E-state index is 0.0959. The van der Waals surface area contributed by atoms with E-state index in [1.165, 1.54) is 6.92 Å². The number of carbonyl (C=O) groups excluding carboxylic acids is 1. The van der Waals surface area contributed by atoms with Crippen LogP contribution in [0.15, 0.2) is 36.4 Å². The van der Waals surface area contributed by atoms with Gasteiger partial charge in [0.25, 0.3) is 0 Å². The number of amides is 1. The van der Waals surface area contributed by atoms with Gasteiger partial charge in [-0.15, -0.1) is 0 Å². The summed E-state index contributed by atoms with van der Waals surface area (Å²) in [5, 5.41) is 6.60. The Morgan fingerprint density at radius 1 is 1.09 bits per heavy atom. The van der Waals surface area contributed by atoms with Crippen LogP contribution in [0.2, 0.25) is 5.02 Å². The molecule has 0 spiro atoms. The van der Waals surface area contributed by atoms with Gasteiger partial charge >= 0.3 is 0 Å². The van der Waals surface area contributed by atoms with Gasteiger partial charge in [0.15, 0.2) is 11.5 Å². The van der Waals surface area contributed by atoms with Crippen LogP contribution in [0.3, 0.4) is 0 Å². The maximum atomic E-state index is 11.0. The molecule has 122 valence electrons. The monoisotopic (exact) mass is 334 g/mol. The molecule has 0 aliphatic carbocycles. The number of halogens is 1. The number of anilines is 2. The minimum atomic E-state index is -0.0959. The predicted octanol–water partition coefficient (Wildman–Crippen LogP) is 3.93. The maximum Gasteiger partial charge on any atom is 0.221 e. The molecule has 6 heteroatoms. The van der Waals surface area contributed by atoms with E-state index >= 15 is 0 Å². The lowest BCUT2D eigenvalue weighted by Gasteiger charge is -2.15. The standard InChI is InChI=1S/C17H19ClN2O3/c1-11(21)20-15-6-4-14(5-7-15)19-10-12-8-13(18)9-16(22-2)17(12)23-3/h4-9,19H,10H2,1-3H3,(H,20,21). The predicted molar refractivity (Wildman–Crippen MR) is 92.6 cm³/mol. The largest absolute Gasteiger partial charge is 0.493 e. The van der Waals surface area contributed by atoms with Crippen molar-refractivity contribution in [3.05, 3.63) is 47.0 Å². The average Bonchev–Trinajstić information content (AvgIpc) is 2.53. The molecule has 2 rings (SSSR count). The summed E-state index contributed by atoms with van der Waals surface area (Å²) in [5.74, 6) is 1.15. The van der Waals surface area contributed by atoms with Gasteiger partial charge in [-0.3, -0.25) is 4.79 Å². The van der Waals surface area contributed by atoms with Gasteiger partial charge in [-0.05, 0) is 30.3 Å². The summed E-state index contributed by atoms with van der Waals surface area (Å²) in [4.78, 5) is 11.0. The van der Waals surface area contributed by atoms with Gasteiger partial charge in [0, 0.05) is 41.5 Å². The molecule has 0 saturated heterocycles. The van der Waals surface area contributed by atoms with Gasteiger partial charge in [0.1, 0.15) is 0 Å². The molecule has 2 N–H and O–H groups in total. The first-order chi connectivity index (χ1) is 11.0. The number of hydrogen-bond acceptors (Lipinski definition) is 4. The Kier molecular flexibility index (Phi) is 5.71. The summed E-state index contributed by atoms with van der Waals surface area (Å²) in [6.07, 6.45) is 0. The maximum absolute atomic E-state index is 11.0.